The summed E-state index contributed by atoms with van der Waals surface area (Å²) < 4.78 is 5.48. The second-order valence-electron chi connectivity index (χ2n) is 7.98. The smallest absolute Gasteiger partial charge is 0.410 e. The summed E-state index contributed by atoms with van der Waals surface area (Å²) in [5.41, 5.74) is -0.413. The molecule has 0 aromatic carbocycles. The summed E-state index contributed by atoms with van der Waals surface area (Å²) in [7, 11) is 2.18. The van der Waals surface area contributed by atoms with Gasteiger partial charge in [0, 0.05) is 25.2 Å². The molecule has 0 spiro atoms. The number of carbonyl (C=O) groups excluding carboxylic acids is 1. The maximum absolute atomic E-state index is 12.2. The molecule has 0 aromatic rings. The van der Waals surface area contributed by atoms with E-state index in [1.807, 2.05) is 25.7 Å². The van der Waals surface area contributed by atoms with Crippen LogP contribution >= 0.6 is 0 Å². The third kappa shape index (κ3) is 8.56. The van der Waals surface area contributed by atoms with Crippen molar-refractivity contribution in [1.82, 2.24) is 15.1 Å². The number of ether oxygens (including phenoxy) is 1. The molecule has 1 aliphatic heterocycles. The molecule has 0 aromatic heterocycles. The van der Waals surface area contributed by atoms with Crippen molar-refractivity contribution < 1.29 is 9.53 Å². The first-order valence-electron chi connectivity index (χ1n) is 9.10. The van der Waals surface area contributed by atoms with Crippen LogP contribution in [0.3, 0.4) is 0 Å². The molecule has 0 saturated carbocycles. The average Bonchev–Trinajstić information content (AvgIpc) is 2.67. The van der Waals surface area contributed by atoms with Crippen molar-refractivity contribution in [2.24, 2.45) is 0 Å². The lowest BCUT2D eigenvalue weighted by atomic mass is 10.1. The SMILES string of the molecule is CC(C)N(C)CCCNC1CCCN(C(=O)OC(C)(C)C)CC1. The maximum atomic E-state index is 12.2. The molecule has 5 heteroatoms. The maximum Gasteiger partial charge on any atom is 0.410 e. The third-order valence-corrected chi connectivity index (χ3v) is 4.38. The van der Waals surface area contributed by atoms with Crippen molar-refractivity contribution in [2.45, 2.75) is 78.0 Å². The zero-order valence-electron chi connectivity index (χ0n) is 16.0. The molecule has 5 nitrogen and oxygen atoms in total. The Balaban J connectivity index is 2.26. The van der Waals surface area contributed by atoms with E-state index in [4.69, 9.17) is 4.74 Å². The predicted molar refractivity (Wildman–Crippen MR) is 95.8 cm³/mol. The molecule has 1 fully saturated rings. The predicted octanol–water partition coefficient (Wildman–Crippen LogP) is 3.10. The molecule has 23 heavy (non-hydrogen) atoms. The molecule has 136 valence electrons. The first kappa shape index (κ1) is 20.2. The zero-order chi connectivity index (χ0) is 17.5. The molecule has 1 unspecified atom stereocenters. The lowest BCUT2D eigenvalue weighted by Crippen LogP contribution is -2.38. The quantitative estimate of drug-likeness (QED) is 0.762. The Kier molecular flexibility index (Phi) is 8.34. The van der Waals surface area contributed by atoms with Gasteiger partial charge in [0.15, 0.2) is 0 Å². The van der Waals surface area contributed by atoms with Crippen LogP contribution in [0, 0.1) is 0 Å². The van der Waals surface area contributed by atoms with E-state index in [0.717, 1.165) is 45.4 Å². The van der Waals surface area contributed by atoms with Crippen LogP contribution in [0.2, 0.25) is 0 Å². The fourth-order valence-corrected chi connectivity index (χ4v) is 2.70. The Morgan fingerprint density at radius 2 is 2.00 bits per heavy atom. The Morgan fingerprint density at radius 1 is 1.30 bits per heavy atom. The highest BCUT2D eigenvalue weighted by atomic mass is 16.6. The van der Waals surface area contributed by atoms with E-state index in [0.29, 0.717) is 12.1 Å². The van der Waals surface area contributed by atoms with E-state index in [9.17, 15) is 4.79 Å². The van der Waals surface area contributed by atoms with Crippen molar-refractivity contribution in [3.63, 3.8) is 0 Å². The van der Waals surface area contributed by atoms with Crippen LogP contribution in [0.15, 0.2) is 0 Å². The van der Waals surface area contributed by atoms with Gasteiger partial charge in [-0.05, 0) is 80.4 Å². The van der Waals surface area contributed by atoms with E-state index < -0.39 is 5.60 Å². The zero-order valence-corrected chi connectivity index (χ0v) is 16.0. The number of nitrogens with one attached hydrogen (secondary N) is 1. The van der Waals surface area contributed by atoms with E-state index in [1.54, 1.807) is 0 Å². The Bertz CT molecular complexity index is 353. The molecule has 0 bridgehead atoms. The Hall–Kier alpha value is -0.810. The van der Waals surface area contributed by atoms with Crippen molar-refractivity contribution in [2.75, 3.05) is 33.2 Å². The molecule has 1 aliphatic rings. The minimum absolute atomic E-state index is 0.170. The van der Waals surface area contributed by atoms with Crippen LogP contribution in [-0.4, -0.2) is 66.8 Å². The van der Waals surface area contributed by atoms with E-state index in [1.165, 1.54) is 6.42 Å². The minimum atomic E-state index is -0.413. The van der Waals surface area contributed by atoms with Crippen molar-refractivity contribution in [1.29, 1.82) is 0 Å². The first-order valence-corrected chi connectivity index (χ1v) is 9.10. The summed E-state index contributed by atoms with van der Waals surface area (Å²) in [5.74, 6) is 0. The Morgan fingerprint density at radius 3 is 2.61 bits per heavy atom. The lowest BCUT2D eigenvalue weighted by molar-refractivity contribution is 0.0256. The topological polar surface area (TPSA) is 44.8 Å². The molecule has 1 rings (SSSR count). The van der Waals surface area contributed by atoms with Gasteiger partial charge < -0.3 is 19.9 Å². The number of rotatable bonds is 6. The standard InChI is InChI=1S/C18H37N3O2/c1-15(2)20(6)12-8-11-19-16-9-7-13-21(14-10-16)17(22)23-18(3,4)5/h15-16,19H,7-14H2,1-6H3. The molecule has 1 heterocycles. The highest BCUT2D eigenvalue weighted by Crippen LogP contribution is 2.15. The van der Waals surface area contributed by atoms with Gasteiger partial charge in [-0.1, -0.05) is 0 Å². The van der Waals surface area contributed by atoms with Crippen LogP contribution in [0.25, 0.3) is 0 Å². The van der Waals surface area contributed by atoms with Gasteiger partial charge in [0.25, 0.3) is 0 Å². The molecule has 1 saturated heterocycles. The largest absolute Gasteiger partial charge is 0.444 e. The second kappa shape index (κ2) is 9.48. The summed E-state index contributed by atoms with van der Waals surface area (Å²) in [4.78, 5) is 16.4. The van der Waals surface area contributed by atoms with Crippen molar-refractivity contribution >= 4 is 6.09 Å². The van der Waals surface area contributed by atoms with E-state index in [2.05, 4.69) is 31.1 Å². The lowest BCUT2D eigenvalue weighted by Gasteiger charge is -2.26. The van der Waals surface area contributed by atoms with Gasteiger partial charge in [-0.25, -0.2) is 4.79 Å². The minimum Gasteiger partial charge on any atom is -0.444 e. The average molecular weight is 328 g/mol. The number of likely N-dealkylation sites (tertiary alicyclic amines) is 1. The molecule has 0 radical (unpaired) electrons. The van der Waals surface area contributed by atoms with Crippen molar-refractivity contribution in [3.05, 3.63) is 0 Å². The first-order chi connectivity index (χ1) is 10.7. The van der Waals surface area contributed by atoms with Crippen molar-refractivity contribution in [3.8, 4) is 0 Å². The van der Waals surface area contributed by atoms with Crippen LogP contribution in [0.4, 0.5) is 4.79 Å². The molecular formula is C18H37N3O2. The van der Waals surface area contributed by atoms with Gasteiger partial charge in [0.1, 0.15) is 5.60 Å². The number of amides is 1. The number of hydrogen-bond donors (Lipinski definition) is 1. The normalized spacial score (nSPS) is 20.0. The van der Waals surface area contributed by atoms with Crippen LogP contribution in [0.5, 0.6) is 0 Å². The Labute approximate surface area is 142 Å². The van der Waals surface area contributed by atoms with Gasteiger partial charge in [0.2, 0.25) is 0 Å². The van der Waals surface area contributed by atoms with Gasteiger partial charge in [-0.3, -0.25) is 0 Å². The van der Waals surface area contributed by atoms with Gasteiger partial charge in [0.05, 0.1) is 0 Å². The fourth-order valence-electron chi connectivity index (χ4n) is 2.70. The number of hydrogen-bond acceptors (Lipinski definition) is 4. The summed E-state index contributed by atoms with van der Waals surface area (Å²) in [6.45, 7) is 14.0. The van der Waals surface area contributed by atoms with E-state index in [-0.39, 0.29) is 6.09 Å². The van der Waals surface area contributed by atoms with Gasteiger partial charge in [-0.15, -0.1) is 0 Å². The summed E-state index contributed by atoms with van der Waals surface area (Å²) in [6.07, 6.45) is 4.19. The number of carbonyl (C=O) groups is 1. The second-order valence-corrected chi connectivity index (χ2v) is 7.98. The van der Waals surface area contributed by atoms with Crippen LogP contribution in [0.1, 0.15) is 60.3 Å². The van der Waals surface area contributed by atoms with Crippen LogP contribution < -0.4 is 5.32 Å². The molecule has 1 N–H and O–H groups in total. The van der Waals surface area contributed by atoms with E-state index >= 15 is 0 Å². The monoisotopic (exact) mass is 327 g/mol. The fraction of sp³-hybridized carbons (Fsp3) is 0.944. The summed E-state index contributed by atoms with van der Waals surface area (Å²) in [5, 5.41) is 3.66. The summed E-state index contributed by atoms with van der Waals surface area (Å²) >= 11 is 0. The molecular weight excluding hydrogens is 290 g/mol. The highest BCUT2D eigenvalue weighted by molar-refractivity contribution is 5.68. The highest BCUT2D eigenvalue weighted by Gasteiger charge is 2.24. The number of nitrogens with zero attached hydrogens (tertiary/aromatic N) is 2. The molecule has 0 aliphatic carbocycles. The van der Waals surface area contributed by atoms with Crippen LogP contribution in [-0.2, 0) is 4.74 Å². The molecule has 1 amide bonds. The molecule has 1 atom stereocenters. The van der Waals surface area contributed by atoms with Gasteiger partial charge in [-0.2, -0.15) is 0 Å². The third-order valence-electron chi connectivity index (χ3n) is 4.38. The van der Waals surface area contributed by atoms with Gasteiger partial charge >= 0.3 is 6.09 Å². The summed E-state index contributed by atoms with van der Waals surface area (Å²) in [6, 6.07) is 1.13.